The molecule has 0 bridgehead atoms. The standard InChI is InChI=1S/C11H20N2O3S2/c1-9(6-7-16-3)13-18(14,15)11-5-4-10(17-11)8-12-2/h4-5,9,12-13H,6-8H2,1-3H3. The fourth-order valence-electron chi connectivity index (χ4n) is 1.45. The number of methoxy groups -OCH3 is 1. The van der Waals surface area contributed by atoms with E-state index in [9.17, 15) is 8.42 Å². The number of thiophene rings is 1. The van der Waals surface area contributed by atoms with Gasteiger partial charge < -0.3 is 10.1 Å². The van der Waals surface area contributed by atoms with Gasteiger partial charge in [0, 0.05) is 31.2 Å². The molecule has 0 aliphatic carbocycles. The van der Waals surface area contributed by atoms with Crippen LogP contribution in [0.4, 0.5) is 0 Å². The fraction of sp³-hybridized carbons (Fsp3) is 0.636. The molecule has 0 aliphatic rings. The number of sulfonamides is 1. The van der Waals surface area contributed by atoms with E-state index < -0.39 is 10.0 Å². The minimum atomic E-state index is -3.40. The highest BCUT2D eigenvalue weighted by molar-refractivity contribution is 7.91. The Labute approximate surface area is 113 Å². The molecule has 1 aromatic heterocycles. The Morgan fingerprint density at radius 1 is 1.44 bits per heavy atom. The lowest BCUT2D eigenvalue weighted by Gasteiger charge is -2.12. The summed E-state index contributed by atoms with van der Waals surface area (Å²) >= 11 is 1.29. The van der Waals surface area contributed by atoms with Crippen molar-refractivity contribution in [1.29, 1.82) is 0 Å². The lowest BCUT2D eigenvalue weighted by Crippen LogP contribution is -2.32. The van der Waals surface area contributed by atoms with Gasteiger partial charge in [-0.1, -0.05) is 0 Å². The molecule has 0 fully saturated rings. The summed E-state index contributed by atoms with van der Waals surface area (Å²) in [4.78, 5) is 1.00. The van der Waals surface area contributed by atoms with Gasteiger partial charge in [0.25, 0.3) is 0 Å². The molecular formula is C11H20N2O3S2. The Kier molecular flexibility index (Phi) is 6.24. The topological polar surface area (TPSA) is 67.4 Å². The van der Waals surface area contributed by atoms with Crippen LogP contribution >= 0.6 is 11.3 Å². The molecule has 0 aliphatic heterocycles. The molecule has 1 rings (SSSR count). The minimum absolute atomic E-state index is 0.134. The summed E-state index contributed by atoms with van der Waals surface area (Å²) in [5.74, 6) is 0. The van der Waals surface area contributed by atoms with Crippen molar-refractivity contribution in [3.8, 4) is 0 Å². The number of ether oxygens (including phenoxy) is 1. The Balaban J connectivity index is 2.67. The van der Waals surface area contributed by atoms with Gasteiger partial charge in [-0.15, -0.1) is 11.3 Å². The third-order valence-corrected chi connectivity index (χ3v) is 5.53. The SMILES string of the molecule is CNCc1ccc(S(=O)(=O)NC(C)CCOC)s1. The molecule has 0 radical (unpaired) electrons. The van der Waals surface area contributed by atoms with Crippen LogP contribution in [0.3, 0.4) is 0 Å². The van der Waals surface area contributed by atoms with Crippen LogP contribution in [0.25, 0.3) is 0 Å². The van der Waals surface area contributed by atoms with E-state index >= 15 is 0 Å². The van der Waals surface area contributed by atoms with Gasteiger partial charge in [-0.25, -0.2) is 13.1 Å². The van der Waals surface area contributed by atoms with Gasteiger partial charge in [0.2, 0.25) is 10.0 Å². The zero-order valence-corrected chi connectivity index (χ0v) is 12.5. The zero-order chi connectivity index (χ0) is 13.6. The molecule has 7 heteroatoms. The fourth-order valence-corrected chi connectivity index (χ4v) is 4.11. The maximum atomic E-state index is 12.1. The first-order valence-electron chi connectivity index (χ1n) is 5.74. The smallest absolute Gasteiger partial charge is 0.250 e. The summed E-state index contributed by atoms with van der Waals surface area (Å²) in [6.07, 6.45) is 0.657. The third kappa shape index (κ3) is 4.66. The molecular weight excluding hydrogens is 272 g/mol. The van der Waals surface area contributed by atoms with Crippen molar-refractivity contribution < 1.29 is 13.2 Å². The molecule has 2 N–H and O–H groups in total. The average Bonchev–Trinajstić information content (AvgIpc) is 2.75. The second kappa shape index (κ2) is 7.20. The van der Waals surface area contributed by atoms with Crippen LogP contribution in [-0.2, 0) is 21.3 Å². The summed E-state index contributed by atoms with van der Waals surface area (Å²) in [5.41, 5.74) is 0. The van der Waals surface area contributed by atoms with E-state index in [0.29, 0.717) is 23.8 Å². The van der Waals surface area contributed by atoms with Crippen molar-refractivity contribution in [2.45, 2.75) is 30.1 Å². The summed E-state index contributed by atoms with van der Waals surface area (Å²) in [6, 6.07) is 3.34. The zero-order valence-electron chi connectivity index (χ0n) is 10.9. The summed E-state index contributed by atoms with van der Waals surface area (Å²) in [7, 11) is 0.0318. The predicted octanol–water partition coefficient (Wildman–Crippen LogP) is 1.17. The highest BCUT2D eigenvalue weighted by Gasteiger charge is 2.19. The molecule has 0 saturated carbocycles. The predicted molar refractivity (Wildman–Crippen MR) is 73.4 cm³/mol. The number of rotatable bonds is 8. The quantitative estimate of drug-likeness (QED) is 0.755. The Morgan fingerprint density at radius 3 is 2.78 bits per heavy atom. The van der Waals surface area contributed by atoms with Crippen molar-refractivity contribution in [3.63, 3.8) is 0 Å². The highest BCUT2D eigenvalue weighted by atomic mass is 32.2. The monoisotopic (exact) mass is 292 g/mol. The van der Waals surface area contributed by atoms with E-state index in [1.807, 2.05) is 20.0 Å². The van der Waals surface area contributed by atoms with E-state index in [4.69, 9.17) is 4.74 Å². The third-order valence-electron chi connectivity index (χ3n) is 2.36. The van der Waals surface area contributed by atoms with Crippen molar-refractivity contribution in [3.05, 3.63) is 17.0 Å². The molecule has 1 unspecified atom stereocenters. The number of hydrogen-bond acceptors (Lipinski definition) is 5. The maximum absolute atomic E-state index is 12.1. The van der Waals surface area contributed by atoms with E-state index in [2.05, 4.69) is 10.0 Å². The number of hydrogen-bond donors (Lipinski definition) is 2. The van der Waals surface area contributed by atoms with E-state index in [1.54, 1.807) is 13.2 Å². The minimum Gasteiger partial charge on any atom is -0.385 e. The second-order valence-corrected chi connectivity index (χ2v) is 7.16. The highest BCUT2D eigenvalue weighted by Crippen LogP contribution is 2.21. The molecule has 0 aromatic carbocycles. The largest absolute Gasteiger partial charge is 0.385 e. The van der Waals surface area contributed by atoms with Crippen molar-refractivity contribution in [1.82, 2.24) is 10.0 Å². The van der Waals surface area contributed by atoms with E-state index in [1.165, 1.54) is 11.3 Å². The molecule has 5 nitrogen and oxygen atoms in total. The van der Waals surface area contributed by atoms with E-state index in [-0.39, 0.29) is 6.04 Å². The lowest BCUT2D eigenvalue weighted by molar-refractivity contribution is 0.188. The summed E-state index contributed by atoms with van der Waals surface area (Å²) in [5, 5.41) is 3.00. The van der Waals surface area contributed by atoms with Gasteiger partial charge in [0.05, 0.1) is 0 Å². The van der Waals surface area contributed by atoms with Crippen molar-refractivity contribution in [2.24, 2.45) is 0 Å². The van der Waals surface area contributed by atoms with Gasteiger partial charge in [0.1, 0.15) is 4.21 Å². The van der Waals surface area contributed by atoms with Gasteiger partial charge in [-0.2, -0.15) is 0 Å². The molecule has 0 spiro atoms. The van der Waals surface area contributed by atoms with Crippen LogP contribution in [0.5, 0.6) is 0 Å². The van der Waals surface area contributed by atoms with Crippen LogP contribution in [0.15, 0.2) is 16.3 Å². The molecule has 0 amide bonds. The lowest BCUT2D eigenvalue weighted by atomic mass is 10.3. The number of nitrogens with one attached hydrogen (secondary N) is 2. The normalized spacial score (nSPS) is 13.7. The van der Waals surface area contributed by atoms with Crippen LogP contribution in [0, 0.1) is 0 Å². The first-order valence-corrected chi connectivity index (χ1v) is 8.04. The van der Waals surface area contributed by atoms with Crippen molar-refractivity contribution in [2.75, 3.05) is 20.8 Å². The first-order chi connectivity index (χ1) is 8.49. The molecule has 1 atom stereocenters. The Bertz CT molecular complexity index is 457. The van der Waals surface area contributed by atoms with Crippen LogP contribution < -0.4 is 10.0 Å². The molecule has 1 heterocycles. The molecule has 18 heavy (non-hydrogen) atoms. The molecule has 1 aromatic rings. The van der Waals surface area contributed by atoms with Crippen LogP contribution in [0.1, 0.15) is 18.2 Å². The van der Waals surface area contributed by atoms with Crippen molar-refractivity contribution >= 4 is 21.4 Å². The average molecular weight is 292 g/mol. The van der Waals surface area contributed by atoms with E-state index in [0.717, 1.165) is 4.88 Å². The van der Waals surface area contributed by atoms with Gasteiger partial charge in [-0.05, 0) is 32.5 Å². The Morgan fingerprint density at radius 2 is 2.17 bits per heavy atom. The first kappa shape index (κ1) is 15.6. The van der Waals surface area contributed by atoms with Crippen LogP contribution in [-0.4, -0.2) is 35.2 Å². The van der Waals surface area contributed by atoms with Gasteiger partial charge >= 0.3 is 0 Å². The molecule has 104 valence electrons. The molecule has 0 saturated heterocycles. The summed E-state index contributed by atoms with van der Waals surface area (Å²) in [6.45, 7) is 3.05. The summed E-state index contributed by atoms with van der Waals surface area (Å²) < 4.78 is 32.1. The second-order valence-electron chi connectivity index (χ2n) is 4.05. The van der Waals surface area contributed by atoms with Gasteiger partial charge in [0.15, 0.2) is 0 Å². The Hall–Kier alpha value is -0.470. The van der Waals surface area contributed by atoms with Gasteiger partial charge in [-0.3, -0.25) is 0 Å². The maximum Gasteiger partial charge on any atom is 0.250 e. The van der Waals surface area contributed by atoms with Crippen LogP contribution in [0.2, 0.25) is 0 Å².